The zero-order chi connectivity index (χ0) is 12.0. The van der Waals surface area contributed by atoms with Gasteiger partial charge in [-0.1, -0.05) is 18.7 Å². The summed E-state index contributed by atoms with van der Waals surface area (Å²) >= 11 is 1.43. The van der Waals surface area contributed by atoms with Crippen LogP contribution < -0.4 is 5.32 Å². The number of thioether (sulfide) groups is 1. The van der Waals surface area contributed by atoms with Crippen LogP contribution in [0.5, 0.6) is 0 Å². The fourth-order valence-electron chi connectivity index (χ4n) is 1.22. The van der Waals surface area contributed by atoms with Gasteiger partial charge in [-0.15, -0.1) is 0 Å². The Morgan fingerprint density at radius 3 is 3.00 bits per heavy atom. The van der Waals surface area contributed by atoms with Crippen LogP contribution in [0.15, 0.2) is 15.9 Å². The zero-order valence-electron chi connectivity index (χ0n) is 9.40. The van der Waals surface area contributed by atoms with Crippen molar-refractivity contribution in [2.75, 3.05) is 12.3 Å². The van der Waals surface area contributed by atoms with Gasteiger partial charge in [0.1, 0.15) is 12.3 Å². The van der Waals surface area contributed by atoms with Crippen LogP contribution >= 0.6 is 11.8 Å². The minimum Gasteiger partial charge on any atom is -0.480 e. The predicted molar refractivity (Wildman–Crippen MR) is 61.7 cm³/mol. The maximum atomic E-state index is 10.8. The summed E-state index contributed by atoms with van der Waals surface area (Å²) in [5.41, 5.74) is 0.837. The molecule has 0 amide bonds. The molecule has 0 spiro atoms. The number of rotatable bonds is 7. The number of hydrogen-bond acceptors (Lipinski definition) is 5. The molecule has 1 aromatic rings. The Hall–Kier alpha value is -1.01. The van der Waals surface area contributed by atoms with Gasteiger partial charge in [0.2, 0.25) is 0 Å². The maximum Gasteiger partial charge on any atom is 0.320 e. The second-order valence-corrected chi connectivity index (χ2v) is 4.39. The lowest BCUT2D eigenvalue weighted by molar-refractivity contribution is -0.139. The molecule has 0 aliphatic heterocycles. The Morgan fingerprint density at radius 2 is 2.50 bits per heavy atom. The number of likely N-dealkylation sites (N-methyl/N-ethyl adjacent to an activating group) is 1. The number of aryl methyl sites for hydroxylation is 1. The van der Waals surface area contributed by atoms with Gasteiger partial charge in [-0.05, 0) is 19.9 Å². The van der Waals surface area contributed by atoms with Gasteiger partial charge in [-0.3, -0.25) is 4.79 Å². The summed E-state index contributed by atoms with van der Waals surface area (Å²) in [6.45, 7) is 4.40. The molecule has 0 aliphatic rings. The average molecular weight is 244 g/mol. The number of nitrogens with zero attached hydrogens (tertiary/aromatic N) is 1. The highest BCUT2D eigenvalue weighted by Gasteiger charge is 2.15. The number of aromatic nitrogens is 1. The molecule has 90 valence electrons. The van der Waals surface area contributed by atoms with E-state index in [9.17, 15) is 4.79 Å². The molecule has 6 heteroatoms. The van der Waals surface area contributed by atoms with Gasteiger partial charge >= 0.3 is 5.97 Å². The molecular formula is C10H16N2O3S. The lowest BCUT2D eigenvalue weighted by Gasteiger charge is -2.11. The minimum atomic E-state index is -0.814. The van der Waals surface area contributed by atoms with Crippen LogP contribution in [-0.2, 0) is 4.79 Å². The van der Waals surface area contributed by atoms with Crippen LogP contribution in [0, 0.1) is 6.92 Å². The van der Waals surface area contributed by atoms with Crippen molar-refractivity contribution >= 4 is 17.7 Å². The van der Waals surface area contributed by atoms with Gasteiger partial charge in [0.05, 0.1) is 5.69 Å². The summed E-state index contributed by atoms with van der Waals surface area (Å²) in [7, 11) is 0. The number of hydrogen-bond donors (Lipinski definition) is 2. The van der Waals surface area contributed by atoms with Crippen molar-refractivity contribution in [3.63, 3.8) is 0 Å². The fourth-order valence-corrected chi connectivity index (χ4v) is 2.07. The number of nitrogens with one attached hydrogen (secondary N) is 1. The van der Waals surface area contributed by atoms with Crippen LogP contribution in [0.2, 0.25) is 0 Å². The zero-order valence-corrected chi connectivity index (χ0v) is 10.2. The van der Waals surface area contributed by atoms with E-state index in [-0.39, 0.29) is 0 Å². The van der Waals surface area contributed by atoms with Crippen LogP contribution in [0.25, 0.3) is 0 Å². The number of carboxylic acids is 1. The number of aliphatic carboxylic acids is 1. The molecule has 0 fully saturated rings. The summed E-state index contributed by atoms with van der Waals surface area (Å²) in [5, 5.41) is 12.4. The Labute approximate surface area is 98.6 Å². The third-order valence-electron chi connectivity index (χ3n) is 1.98. The van der Waals surface area contributed by atoms with Crippen molar-refractivity contribution in [1.82, 2.24) is 10.3 Å². The third-order valence-corrected chi connectivity index (χ3v) is 2.85. The summed E-state index contributed by atoms with van der Waals surface area (Å²) < 4.78 is 5.15. The molecule has 16 heavy (non-hydrogen) atoms. The molecule has 0 aromatic carbocycles. The van der Waals surface area contributed by atoms with Crippen molar-refractivity contribution < 1.29 is 14.3 Å². The van der Waals surface area contributed by atoms with E-state index in [1.807, 2.05) is 13.8 Å². The minimum absolute atomic E-state index is 0.492. The molecule has 0 bridgehead atoms. The van der Waals surface area contributed by atoms with Gasteiger partial charge in [-0.25, -0.2) is 4.98 Å². The van der Waals surface area contributed by atoms with Crippen LogP contribution in [0.4, 0.5) is 0 Å². The summed E-state index contributed by atoms with van der Waals surface area (Å²) in [4.78, 5) is 15.0. The molecule has 5 nitrogen and oxygen atoms in total. The molecule has 2 N–H and O–H groups in total. The second kappa shape index (κ2) is 6.55. The first-order valence-electron chi connectivity index (χ1n) is 5.14. The standard InChI is InChI=1S/C10H16N2O3S/c1-3-11-8(9(13)14)4-5-16-10-12-7(2)6-15-10/h6,8,11H,3-5H2,1-2H3,(H,13,14). The maximum absolute atomic E-state index is 10.8. The largest absolute Gasteiger partial charge is 0.480 e. The van der Waals surface area contributed by atoms with Gasteiger partial charge in [0.15, 0.2) is 0 Å². The molecule has 0 saturated carbocycles. The fraction of sp³-hybridized carbons (Fsp3) is 0.600. The van der Waals surface area contributed by atoms with E-state index >= 15 is 0 Å². The van der Waals surface area contributed by atoms with Crippen molar-refractivity contribution in [2.45, 2.75) is 31.5 Å². The molecule has 0 aliphatic carbocycles. The number of oxazole rings is 1. The highest BCUT2D eigenvalue weighted by Crippen LogP contribution is 2.18. The van der Waals surface area contributed by atoms with E-state index in [1.165, 1.54) is 11.8 Å². The third kappa shape index (κ3) is 4.24. The number of carbonyl (C=O) groups is 1. The van der Waals surface area contributed by atoms with E-state index in [0.29, 0.717) is 23.9 Å². The van der Waals surface area contributed by atoms with E-state index in [1.54, 1.807) is 6.26 Å². The first-order chi connectivity index (χ1) is 7.63. The Balaban J connectivity index is 2.30. The van der Waals surface area contributed by atoms with Crippen LogP contribution in [0.3, 0.4) is 0 Å². The monoisotopic (exact) mass is 244 g/mol. The van der Waals surface area contributed by atoms with Gasteiger partial charge in [-0.2, -0.15) is 0 Å². The Morgan fingerprint density at radius 1 is 1.75 bits per heavy atom. The van der Waals surface area contributed by atoms with Crippen molar-refractivity contribution in [1.29, 1.82) is 0 Å². The van der Waals surface area contributed by atoms with E-state index in [0.717, 1.165) is 5.69 Å². The number of carboxylic acid groups (broad SMARTS) is 1. The van der Waals surface area contributed by atoms with Crippen molar-refractivity contribution in [2.24, 2.45) is 0 Å². The van der Waals surface area contributed by atoms with Crippen LogP contribution in [0.1, 0.15) is 19.0 Å². The molecule has 1 unspecified atom stereocenters. The highest BCUT2D eigenvalue weighted by molar-refractivity contribution is 7.99. The quantitative estimate of drug-likeness (QED) is 0.708. The molecule has 1 heterocycles. The summed E-state index contributed by atoms with van der Waals surface area (Å²) in [6, 6.07) is -0.492. The topological polar surface area (TPSA) is 75.4 Å². The Kier molecular flexibility index (Phi) is 5.34. The van der Waals surface area contributed by atoms with Gasteiger partial charge in [0.25, 0.3) is 5.22 Å². The average Bonchev–Trinajstić information content (AvgIpc) is 2.63. The van der Waals surface area contributed by atoms with E-state index in [4.69, 9.17) is 9.52 Å². The van der Waals surface area contributed by atoms with Gasteiger partial charge in [0, 0.05) is 5.75 Å². The molecular weight excluding hydrogens is 228 g/mol. The van der Waals surface area contributed by atoms with Crippen molar-refractivity contribution in [3.05, 3.63) is 12.0 Å². The van der Waals surface area contributed by atoms with Crippen molar-refractivity contribution in [3.8, 4) is 0 Å². The summed E-state index contributed by atoms with van der Waals surface area (Å²) in [6.07, 6.45) is 2.14. The Bertz CT molecular complexity index is 341. The smallest absolute Gasteiger partial charge is 0.320 e. The second-order valence-electron chi connectivity index (χ2n) is 3.34. The molecule has 1 aromatic heterocycles. The molecule has 0 radical (unpaired) electrons. The summed E-state index contributed by atoms with van der Waals surface area (Å²) in [5.74, 6) is -0.143. The highest BCUT2D eigenvalue weighted by atomic mass is 32.2. The molecule has 1 rings (SSSR count). The lowest BCUT2D eigenvalue weighted by Crippen LogP contribution is -2.36. The molecule has 1 atom stereocenters. The SMILES string of the molecule is CCNC(CCSc1nc(C)co1)C(=O)O. The first kappa shape index (κ1) is 13.1. The predicted octanol–water partition coefficient (Wildman–Crippen LogP) is 1.53. The lowest BCUT2D eigenvalue weighted by atomic mass is 10.2. The van der Waals surface area contributed by atoms with E-state index < -0.39 is 12.0 Å². The van der Waals surface area contributed by atoms with Gasteiger partial charge < -0.3 is 14.8 Å². The normalized spacial score (nSPS) is 12.6. The first-order valence-corrected chi connectivity index (χ1v) is 6.13. The van der Waals surface area contributed by atoms with E-state index in [2.05, 4.69) is 10.3 Å². The van der Waals surface area contributed by atoms with Crippen LogP contribution in [-0.4, -0.2) is 34.4 Å². The molecule has 0 saturated heterocycles.